The molecule has 0 atom stereocenters. The van der Waals surface area contributed by atoms with Gasteiger partial charge in [0.15, 0.2) is 0 Å². The number of anilines is 2. The van der Waals surface area contributed by atoms with Crippen molar-refractivity contribution in [2.75, 3.05) is 5.32 Å². The van der Waals surface area contributed by atoms with Crippen LogP contribution in [-0.4, -0.2) is 0 Å². The van der Waals surface area contributed by atoms with Gasteiger partial charge in [-0.15, -0.1) is 0 Å². The molecular weight excluding hydrogens is 550 g/mol. The largest absolute Gasteiger partial charge is 0.456 e. The molecule has 9 aromatic rings. The van der Waals surface area contributed by atoms with Gasteiger partial charge in [0.2, 0.25) is 0 Å². The molecule has 0 spiro atoms. The normalized spacial score (nSPS) is 11.6. The van der Waals surface area contributed by atoms with Crippen LogP contribution in [0, 0.1) is 0 Å². The van der Waals surface area contributed by atoms with Crippen LogP contribution in [0.4, 0.5) is 11.4 Å². The molecule has 2 heterocycles. The van der Waals surface area contributed by atoms with Gasteiger partial charge in [-0.25, -0.2) is 0 Å². The van der Waals surface area contributed by atoms with E-state index in [4.69, 9.17) is 8.83 Å². The predicted molar refractivity (Wildman–Crippen MR) is 187 cm³/mol. The Balaban J connectivity index is 1.10. The lowest BCUT2D eigenvalue weighted by molar-refractivity contribution is 0.668. The molecule has 0 unspecified atom stereocenters. The molecule has 0 saturated carbocycles. The van der Waals surface area contributed by atoms with Crippen molar-refractivity contribution >= 4 is 55.3 Å². The summed E-state index contributed by atoms with van der Waals surface area (Å²) in [5, 5.41) is 8.16. The highest BCUT2D eigenvalue weighted by Gasteiger charge is 2.17. The second-order valence-corrected chi connectivity index (χ2v) is 11.4. The van der Waals surface area contributed by atoms with Gasteiger partial charge in [-0.1, -0.05) is 115 Å². The average molecular weight is 578 g/mol. The zero-order valence-electron chi connectivity index (χ0n) is 24.3. The Morgan fingerprint density at radius 1 is 0.333 bits per heavy atom. The maximum Gasteiger partial charge on any atom is 0.137 e. The Labute approximate surface area is 260 Å². The Morgan fingerprint density at radius 3 is 1.60 bits per heavy atom. The van der Waals surface area contributed by atoms with Gasteiger partial charge >= 0.3 is 0 Å². The van der Waals surface area contributed by atoms with Crippen molar-refractivity contribution in [3.05, 3.63) is 158 Å². The average Bonchev–Trinajstić information content (AvgIpc) is 3.68. The van der Waals surface area contributed by atoms with Gasteiger partial charge < -0.3 is 14.2 Å². The van der Waals surface area contributed by atoms with Crippen LogP contribution in [0.1, 0.15) is 0 Å². The molecule has 3 nitrogen and oxygen atoms in total. The second-order valence-electron chi connectivity index (χ2n) is 11.4. The maximum atomic E-state index is 6.38. The summed E-state index contributed by atoms with van der Waals surface area (Å²) in [5.41, 5.74) is 12.6. The van der Waals surface area contributed by atoms with E-state index in [2.05, 4.69) is 127 Å². The van der Waals surface area contributed by atoms with Crippen molar-refractivity contribution in [1.82, 2.24) is 0 Å². The fraction of sp³-hybridized carbons (Fsp3) is 0. The molecule has 2 aromatic heterocycles. The number of nitrogens with one attached hydrogen (secondary N) is 1. The minimum absolute atomic E-state index is 0.860. The molecule has 9 rings (SSSR count). The van der Waals surface area contributed by atoms with Gasteiger partial charge in [-0.2, -0.15) is 0 Å². The van der Waals surface area contributed by atoms with Crippen LogP contribution in [-0.2, 0) is 0 Å². The summed E-state index contributed by atoms with van der Waals surface area (Å²) < 4.78 is 12.5. The zero-order chi connectivity index (χ0) is 29.7. The van der Waals surface area contributed by atoms with Crippen LogP contribution >= 0.6 is 0 Å². The number of fused-ring (bicyclic) bond motifs is 6. The van der Waals surface area contributed by atoms with E-state index < -0.39 is 0 Å². The van der Waals surface area contributed by atoms with Crippen molar-refractivity contribution < 1.29 is 8.83 Å². The monoisotopic (exact) mass is 577 g/mol. The van der Waals surface area contributed by atoms with Crippen LogP contribution in [0.5, 0.6) is 0 Å². The van der Waals surface area contributed by atoms with Crippen molar-refractivity contribution in [2.45, 2.75) is 0 Å². The highest BCUT2D eigenvalue weighted by atomic mass is 16.3. The smallest absolute Gasteiger partial charge is 0.137 e. The molecule has 0 bridgehead atoms. The first kappa shape index (κ1) is 25.4. The van der Waals surface area contributed by atoms with E-state index in [0.29, 0.717) is 0 Å². The van der Waals surface area contributed by atoms with Gasteiger partial charge in [0.25, 0.3) is 0 Å². The van der Waals surface area contributed by atoms with E-state index in [0.717, 1.165) is 77.5 Å². The van der Waals surface area contributed by atoms with Crippen molar-refractivity contribution in [3.8, 4) is 33.4 Å². The summed E-state index contributed by atoms with van der Waals surface area (Å²) in [6.07, 6.45) is 0. The minimum atomic E-state index is 0.860. The molecule has 0 amide bonds. The topological polar surface area (TPSA) is 38.3 Å². The molecule has 0 aliphatic heterocycles. The number of rotatable bonds is 5. The van der Waals surface area contributed by atoms with Crippen LogP contribution in [0.2, 0.25) is 0 Å². The number of furan rings is 2. The number of hydrogen-bond donors (Lipinski definition) is 1. The molecule has 1 N–H and O–H groups in total. The van der Waals surface area contributed by atoms with Crippen LogP contribution in [0.3, 0.4) is 0 Å². The van der Waals surface area contributed by atoms with Gasteiger partial charge in [0, 0.05) is 21.8 Å². The fourth-order valence-corrected chi connectivity index (χ4v) is 6.59. The van der Waals surface area contributed by atoms with Gasteiger partial charge in [0.1, 0.15) is 22.3 Å². The molecule has 0 aliphatic rings. The summed E-state index contributed by atoms with van der Waals surface area (Å²) in [5.74, 6) is 0. The van der Waals surface area contributed by atoms with Crippen LogP contribution in [0.25, 0.3) is 77.3 Å². The third kappa shape index (κ3) is 4.29. The summed E-state index contributed by atoms with van der Waals surface area (Å²) in [6.45, 7) is 0. The summed E-state index contributed by atoms with van der Waals surface area (Å²) in [6, 6.07) is 54.9. The molecular formula is C42H27NO2. The van der Waals surface area contributed by atoms with Gasteiger partial charge in [-0.05, 0) is 75.8 Å². The molecule has 0 saturated heterocycles. The summed E-state index contributed by atoms with van der Waals surface area (Å²) in [7, 11) is 0. The molecule has 7 aromatic carbocycles. The first-order valence-electron chi connectivity index (χ1n) is 15.2. The molecule has 0 fully saturated rings. The molecule has 45 heavy (non-hydrogen) atoms. The van der Waals surface area contributed by atoms with E-state index in [1.807, 2.05) is 36.4 Å². The molecule has 212 valence electrons. The molecule has 0 aliphatic carbocycles. The van der Waals surface area contributed by atoms with E-state index in [1.165, 1.54) is 11.1 Å². The Bertz CT molecular complexity index is 2480. The Morgan fingerprint density at radius 2 is 0.844 bits per heavy atom. The quantitative estimate of drug-likeness (QED) is 0.221. The first-order chi connectivity index (χ1) is 22.3. The third-order valence-corrected chi connectivity index (χ3v) is 8.70. The lowest BCUT2D eigenvalue weighted by Gasteiger charge is -2.11. The fourth-order valence-electron chi connectivity index (χ4n) is 6.59. The lowest BCUT2D eigenvalue weighted by atomic mass is 9.96. The van der Waals surface area contributed by atoms with E-state index in [-0.39, 0.29) is 0 Å². The van der Waals surface area contributed by atoms with Crippen molar-refractivity contribution in [3.63, 3.8) is 0 Å². The number of benzene rings is 7. The number of hydrogen-bond acceptors (Lipinski definition) is 3. The van der Waals surface area contributed by atoms with Crippen LogP contribution < -0.4 is 5.32 Å². The summed E-state index contributed by atoms with van der Waals surface area (Å²) >= 11 is 0. The highest BCUT2D eigenvalue weighted by Crippen LogP contribution is 2.42. The van der Waals surface area contributed by atoms with Crippen LogP contribution in [0.15, 0.2) is 167 Å². The molecule has 0 radical (unpaired) electrons. The molecule has 3 heteroatoms. The SMILES string of the molecule is c1ccc(-c2ccc(-c3cccc4oc5cccc(Nc6ccc(-c7cccc8oc9ccccc9c78)cc6)c5c34)cc2)cc1. The minimum Gasteiger partial charge on any atom is -0.456 e. The maximum absolute atomic E-state index is 6.38. The Hall–Kier alpha value is -6.06. The van der Waals surface area contributed by atoms with Gasteiger partial charge in [-0.3, -0.25) is 0 Å². The Kier molecular flexibility index (Phi) is 5.82. The highest BCUT2D eigenvalue weighted by molar-refractivity contribution is 6.18. The van der Waals surface area contributed by atoms with Gasteiger partial charge in [0.05, 0.1) is 11.1 Å². The van der Waals surface area contributed by atoms with E-state index in [9.17, 15) is 0 Å². The number of para-hydroxylation sites is 1. The van der Waals surface area contributed by atoms with E-state index in [1.54, 1.807) is 0 Å². The third-order valence-electron chi connectivity index (χ3n) is 8.70. The van der Waals surface area contributed by atoms with E-state index >= 15 is 0 Å². The van der Waals surface area contributed by atoms with Crippen molar-refractivity contribution in [1.29, 1.82) is 0 Å². The first-order valence-corrected chi connectivity index (χ1v) is 15.2. The standard InChI is InChI=1S/C42H27NO2/c1-2-9-27(10-3-1)28-19-21-29(22-20-28)33-13-7-17-38-41(33)42-35(14-8-18-39(42)45-38)43-31-25-23-30(24-26-31)32-12-6-16-37-40(32)34-11-4-5-15-36(34)44-37/h1-26,43H. The zero-order valence-corrected chi connectivity index (χ0v) is 24.3. The van der Waals surface area contributed by atoms with Crippen molar-refractivity contribution in [2.24, 2.45) is 0 Å². The second kappa shape index (κ2) is 10.3. The summed E-state index contributed by atoms with van der Waals surface area (Å²) in [4.78, 5) is 0. The predicted octanol–water partition coefficient (Wildman–Crippen LogP) is 12.2. The lowest BCUT2D eigenvalue weighted by Crippen LogP contribution is -1.91.